The monoisotopic (exact) mass is 569 g/mol. The van der Waals surface area contributed by atoms with E-state index in [1.807, 2.05) is 22.6 Å². The minimum Gasteiger partial charge on any atom is -0.397 e. The van der Waals surface area contributed by atoms with Gasteiger partial charge in [-0.05, 0) is 46.9 Å². The number of nitrogens with one attached hydrogen (secondary N) is 1. The Morgan fingerprint density at radius 2 is 1.79 bits per heavy atom. The van der Waals surface area contributed by atoms with Crippen molar-refractivity contribution in [1.82, 2.24) is 25.0 Å². The van der Waals surface area contributed by atoms with Gasteiger partial charge in [0.05, 0.1) is 41.7 Å². The third-order valence-electron chi connectivity index (χ3n) is 4.48. The molecule has 0 bridgehead atoms. The lowest BCUT2D eigenvalue weighted by molar-refractivity contribution is -0.137. The summed E-state index contributed by atoms with van der Waals surface area (Å²) in [5.41, 5.74) is 5.20. The van der Waals surface area contributed by atoms with Crippen molar-refractivity contribution in [3.8, 4) is 16.9 Å². The second-order valence-electron chi connectivity index (χ2n) is 6.64. The molecule has 3 aromatic heterocycles. The van der Waals surface area contributed by atoms with E-state index in [1.165, 1.54) is 36.9 Å². The predicted octanol–water partition coefficient (Wildman–Crippen LogP) is 4.32. The van der Waals surface area contributed by atoms with Gasteiger partial charge in [0.2, 0.25) is 0 Å². The molecule has 0 saturated carbocycles. The highest BCUT2D eigenvalue weighted by Gasteiger charge is 2.36. The Balaban J connectivity index is 1.66. The first-order chi connectivity index (χ1) is 15.6. The van der Waals surface area contributed by atoms with Crippen LogP contribution < -0.4 is 11.1 Å². The fourth-order valence-corrected chi connectivity index (χ4v) is 3.71. The van der Waals surface area contributed by atoms with E-state index in [2.05, 4.69) is 25.5 Å². The molecule has 1 aromatic carbocycles. The summed E-state index contributed by atoms with van der Waals surface area (Å²) in [6, 6.07) is 4.65. The van der Waals surface area contributed by atoms with Gasteiger partial charge in [-0.2, -0.15) is 23.4 Å². The highest BCUT2D eigenvalue weighted by Crippen LogP contribution is 2.35. The van der Waals surface area contributed by atoms with Gasteiger partial charge in [0.15, 0.2) is 5.82 Å². The third kappa shape index (κ3) is 4.62. The van der Waals surface area contributed by atoms with Crippen LogP contribution in [-0.2, 0) is 6.18 Å². The lowest BCUT2D eigenvalue weighted by Crippen LogP contribution is -2.18. The molecule has 8 nitrogen and oxygen atoms in total. The zero-order chi connectivity index (χ0) is 23.8. The average Bonchev–Trinajstić information content (AvgIpc) is 3.30. The number of benzene rings is 1. The first-order valence-corrected chi connectivity index (χ1v) is 10.2. The van der Waals surface area contributed by atoms with E-state index in [1.54, 1.807) is 0 Å². The predicted molar refractivity (Wildman–Crippen MR) is 119 cm³/mol. The minimum atomic E-state index is -4.79. The van der Waals surface area contributed by atoms with Crippen molar-refractivity contribution in [2.75, 3.05) is 11.1 Å². The molecule has 0 radical (unpaired) electrons. The van der Waals surface area contributed by atoms with Gasteiger partial charge in [-0.1, -0.05) is 0 Å². The normalized spacial score (nSPS) is 11.4. The highest BCUT2D eigenvalue weighted by molar-refractivity contribution is 14.1. The smallest absolute Gasteiger partial charge is 0.397 e. The summed E-state index contributed by atoms with van der Waals surface area (Å²) in [5, 5.41) is 9.64. The van der Waals surface area contributed by atoms with Crippen molar-refractivity contribution in [3.05, 3.63) is 75.8 Å². The molecule has 1 amide bonds. The van der Waals surface area contributed by atoms with Crippen LogP contribution in [0.2, 0.25) is 0 Å². The maximum atomic E-state index is 14.8. The van der Waals surface area contributed by atoms with E-state index in [0.29, 0.717) is 15.2 Å². The lowest BCUT2D eigenvalue weighted by atomic mass is 10.0. The molecule has 0 unspecified atom stereocenters. The standard InChI is InChI=1S/C20H12F4IN7O/c21-15-6-13(16(25)7-12(15)11-1-2-27-9-17(11)26)19(33)31-10-5-14(20(22,23)24)18(28-8-10)32-29-3-4-30-32/h1-9H,26H2,(H,31,33). The van der Waals surface area contributed by atoms with Crippen molar-refractivity contribution in [2.24, 2.45) is 0 Å². The van der Waals surface area contributed by atoms with Crippen molar-refractivity contribution in [1.29, 1.82) is 0 Å². The first-order valence-electron chi connectivity index (χ1n) is 9.09. The first kappa shape index (κ1) is 22.6. The number of anilines is 2. The number of carbonyl (C=O) groups is 1. The van der Waals surface area contributed by atoms with Crippen LogP contribution in [0.4, 0.5) is 28.9 Å². The van der Waals surface area contributed by atoms with Gasteiger partial charge in [-0.3, -0.25) is 9.78 Å². The summed E-state index contributed by atoms with van der Waals surface area (Å²) >= 11 is 1.83. The van der Waals surface area contributed by atoms with Crippen LogP contribution in [0.5, 0.6) is 0 Å². The SMILES string of the molecule is Nc1cnccc1-c1cc(I)c(C(=O)Nc2cnc(-n3nccn3)c(C(F)(F)F)c2)cc1F. The largest absolute Gasteiger partial charge is 0.420 e. The molecule has 0 aliphatic heterocycles. The molecular weight excluding hydrogens is 557 g/mol. The molecule has 0 saturated heterocycles. The number of aromatic nitrogens is 5. The van der Waals surface area contributed by atoms with Gasteiger partial charge in [-0.15, -0.1) is 4.80 Å². The highest BCUT2D eigenvalue weighted by atomic mass is 127. The number of alkyl halides is 3. The van der Waals surface area contributed by atoms with Crippen molar-refractivity contribution in [2.45, 2.75) is 6.18 Å². The van der Waals surface area contributed by atoms with E-state index in [-0.39, 0.29) is 22.5 Å². The number of pyridine rings is 2. The molecule has 0 aliphatic rings. The van der Waals surface area contributed by atoms with E-state index < -0.39 is 29.3 Å². The van der Waals surface area contributed by atoms with Crippen LogP contribution >= 0.6 is 22.6 Å². The molecule has 13 heteroatoms. The summed E-state index contributed by atoms with van der Waals surface area (Å²) in [5.74, 6) is -2.09. The lowest BCUT2D eigenvalue weighted by Gasteiger charge is -2.14. The quantitative estimate of drug-likeness (QED) is 0.280. The number of nitrogens with zero attached hydrogens (tertiary/aromatic N) is 5. The number of nitrogens with two attached hydrogens (primary N) is 1. The van der Waals surface area contributed by atoms with Crippen LogP contribution in [-0.4, -0.2) is 30.9 Å². The van der Waals surface area contributed by atoms with Crippen LogP contribution in [0.3, 0.4) is 0 Å². The number of rotatable bonds is 4. The molecule has 4 aromatic rings. The van der Waals surface area contributed by atoms with Crippen molar-refractivity contribution < 1.29 is 22.4 Å². The Morgan fingerprint density at radius 1 is 1.06 bits per heavy atom. The maximum absolute atomic E-state index is 14.8. The summed E-state index contributed by atoms with van der Waals surface area (Å²) in [6.45, 7) is 0. The molecule has 0 spiro atoms. The fourth-order valence-electron chi connectivity index (χ4n) is 3.00. The van der Waals surface area contributed by atoms with E-state index in [0.717, 1.165) is 17.1 Å². The topological polar surface area (TPSA) is 112 Å². The summed E-state index contributed by atoms with van der Waals surface area (Å²) in [7, 11) is 0. The second kappa shape index (κ2) is 8.73. The third-order valence-corrected chi connectivity index (χ3v) is 5.37. The molecule has 33 heavy (non-hydrogen) atoms. The Bertz CT molecular complexity index is 1340. The van der Waals surface area contributed by atoms with Crippen LogP contribution in [0.25, 0.3) is 16.9 Å². The van der Waals surface area contributed by atoms with Crippen molar-refractivity contribution >= 4 is 39.9 Å². The van der Waals surface area contributed by atoms with Gasteiger partial charge >= 0.3 is 6.18 Å². The number of halogens is 5. The Labute approximate surface area is 197 Å². The zero-order valence-electron chi connectivity index (χ0n) is 16.3. The van der Waals surface area contributed by atoms with Crippen LogP contribution in [0, 0.1) is 9.39 Å². The van der Waals surface area contributed by atoms with Gasteiger partial charge in [0.1, 0.15) is 11.4 Å². The summed E-state index contributed by atoms with van der Waals surface area (Å²) in [6.07, 6.45) is 1.47. The van der Waals surface area contributed by atoms with Crippen LogP contribution in [0.1, 0.15) is 15.9 Å². The Morgan fingerprint density at radius 3 is 2.45 bits per heavy atom. The Kier molecular flexibility index (Phi) is 5.97. The molecule has 168 valence electrons. The van der Waals surface area contributed by atoms with Gasteiger partial charge in [0, 0.05) is 20.9 Å². The van der Waals surface area contributed by atoms with Crippen LogP contribution in [0.15, 0.2) is 55.2 Å². The van der Waals surface area contributed by atoms with E-state index in [4.69, 9.17) is 5.73 Å². The van der Waals surface area contributed by atoms with E-state index >= 15 is 0 Å². The van der Waals surface area contributed by atoms with Gasteiger partial charge in [0.25, 0.3) is 5.91 Å². The number of amides is 1. The molecule has 0 fully saturated rings. The van der Waals surface area contributed by atoms with Crippen molar-refractivity contribution in [3.63, 3.8) is 0 Å². The number of hydrogen-bond donors (Lipinski definition) is 2. The Hall–Kier alpha value is -3.62. The second-order valence-corrected chi connectivity index (χ2v) is 7.80. The molecule has 0 atom stereocenters. The van der Waals surface area contributed by atoms with E-state index in [9.17, 15) is 22.4 Å². The number of hydrogen-bond acceptors (Lipinski definition) is 6. The van der Waals surface area contributed by atoms with Gasteiger partial charge in [-0.25, -0.2) is 9.37 Å². The minimum absolute atomic E-state index is 0.0733. The van der Waals surface area contributed by atoms with Gasteiger partial charge < -0.3 is 11.1 Å². The molecule has 4 rings (SSSR count). The fraction of sp³-hybridized carbons (Fsp3) is 0.0500. The summed E-state index contributed by atoms with van der Waals surface area (Å²) in [4.78, 5) is 21.0. The molecule has 3 heterocycles. The maximum Gasteiger partial charge on any atom is 0.420 e. The molecule has 0 aliphatic carbocycles. The molecule has 3 N–H and O–H groups in total. The molecular formula is C20H12F4IN7O. The zero-order valence-corrected chi connectivity index (χ0v) is 18.5. The summed E-state index contributed by atoms with van der Waals surface area (Å²) < 4.78 is 55.8. The average molecular weight is 569 g/mol. The number of carbonyl (C=O) groups excluding carboxylic acids is 1. The number of nitrogen functional groups attached to an aromatic ring is 1.